The molecular weight excluding hydrogens is 118 g/mol. The standard InChI is InChI=1S/C4H10N2.CHNO/c1-2-5-4-6-3-1;2-1-3/h5-6H,1-4H2;2H. The quantitative estimate of drug-likeness (QED) is 0.303. The molecule has 0 radical (unpaired) electrons. The van der Waals surface area contributed by atoms with Crippen molar-refractivity contribution in [1.29, 1.82) is 5.41 Å². The van der Waals surface area contributed by atoms with Gasteiger partial charge in [0.2, 0.25) is 6.08 Å². The zero-order chi connectivity index (χ0) is 6.95. The van der Waals surface area contributed by atoms with Gasteiger partial charge in [0.05, 0.1) is 0 Å². The molecule has 0 saturated carbocycles. The lowest BCUT2D eigenvalue weighted by atomic mass is 10.4. The molecule has 0 aromatic rings. The average molecular weight is 129 g/mol. The van der Waals surface area contributed by atoms with E-state index in [0.29, 0.717) is 0 Å². The van der Waals surface area contributed by atoms with Gasteiger partial charge in [0.25, 0.3) is 0 Å². The maximum Gasteiger partial charge on any atom is 0.231 e. The summed E-state index contributed by atoms with van der Waals surface area (Å²) in [6.07, 6.45) is 2.03. The van der Waals surface area contributed by atoms with Crippen molar-refractivity contribution in [3.63, 3.8) is 0 Å². The van der Waals surface area contributed by atoms with Crippen LogP contribution >= 0.6 is 0 Å². The lowest BCUT2D eigenvalue weighted by Gasteiger charge is -2.11. The fourth-order valence-corrected chi connectivity index (χ4v) is 0.604. The maximum atomic E-state index is 8.35. The fraction of sp³-hybridized carbons (Fsp3) is 0.800. The van der Waals surface area contributed by atoms with Crippen molar-refractivity contribution in [2.24, 2.45) is 0 Å². The Morgan fingerprint density at radius 3 is 1.89 bits per heavy atom. The van der Waals surface area contributed by atoms with Gasteiger partial charge >= 0.3 is 0 Å². The third kappa shape index (κ3) is 7.30. The summed E-state index contributed by atoms with van der Waals surface area (Å²) in [5.74, 6) is 0. The van der Waals surface area contributed by atoms with E-state index in [1.54, 1.807) is 0 Å². The fourth-order valence-electron chi connectivity index (χ4n) is 0.604. The van der Waals surface area contributed by atoms with Gasteiger partial charge in [-0.05, 0) is 19.5 Å². The Labute approximate surface area is 54.1 Å². The molecule has 0 bridgehead atoms. The average Bonchev–Trinajstić information content (AvgIpc) is 1.93. The highest BCUT2D eigenvalue weighted by molar-refractivity contribution is 5.26. The monoisotopic (exact) mass is 129 g/mol. The first-order valence-corrected chi connectivity index (χ1v) is 2.87. The van der Waals surface area contributed by atoms with Crippen LogP contribution in [-0.2, 0) is 4.79 Å². The number of nitrogens with one attached hydrogen (secondary N) is 3. The van der Waals surface area contributed by atoms with Crippen molar-refractivity contribution in [3.05, 3.63) is 0 Å². The van der Waals surface area contributed by atoms with Crippen LogP contribution < -0.4 is 10.6 Å². The van der Waals surface area contributed by atoms with Gasteiger partial charge in [-0.1, -0.05) is 0 Å². The maximum absolute atomic E-state index is 8.35. The number of isocyanates is 1. The van der Waals surface area contributed by atoms with E-state index >= 15 is 0 Å². The Bertz CT molecular complexity index is 72.7. The van der Waals surface area contributed by atoms with E-state index < -0.39 is 0 Å². The normalized spacial score (nSPS) is 16.9. The molecule has 0 aliphatic carbocycles. The topological polar surface area (TPSA) is 65.0 Å². The second-order valence-corrected chi connectivity index (χ2v) is 1.63. The van der Waals surface area contributed by atoms with Gasteiger partial charge < -0.3 is 10.6 Å². The summed E-state index contributed by atoms with van der Waals surface area (Å²) in [6, 6.07) is 0. The van der Waals surface area contributed by atoms with Gasteiger partial charge in [-0.15, -0.1) is 0 Å². The van der Waals surface area contributed by atoms with Crippen LogP contribution in [0.2, 0.25) is 0 Å². The Hall–Kier alpha value is -0.700. The lowest BCUT2D eigenvalue weighted by molar-refractivity contribution is 0.496. The first-order chi connectivity index (χ1) is 4.41. The van der Waals surface area contributed by atoms with Crippen LogP contribution in [0.3, 0.4) is 0 Å². The van der Waals surface area contributed by atoms with Gasteiger partial charge in [0.15, 0.2) is 0 Å². The first-order valence-electron chi connectivity index (χ1n) is 2.87. The molecular formula is C5H11N3O. The molecule has 0 amide bonds. The second kappa shape index (κ2) is 7.30. The number of rotatable bonds is 0. The summed E-state index contributed by atoms with van der Waals surface area (Å²) in [5.41, 5.74) is 0. The number of hydrogen-bond acceptors (Lipinski definition) is 4. The Morgan fingerprint density at radius 1 is 1.33 bits per heavy atom. The van der Waals surface area contributed by atoms with Crippen LogP contribution in [0, 0.1) is 5.41 Å². The highest BCUT2D eigenvalue weighted by Crippen LogP contribution is 1.75. The molecule has 0 atom stereocenters. The molecule has 0 aromatic carbocycles. The summed E-state index contributed by atoms with van der Waals surface area (Å²) in [6.45, 7) is 3.38. The number of carbonyl (C=O) groups excluding carboxylic acids is 1. The Morgan fingerprint density at radius 2 is 1.78 bits per heavy atom. The molecule has 1 heterocycles. The lowest BCUT2D eigenvalue weighted by Crippen LogP contribution is -2.37. The van der Waals surface area contributed by atoms with Crippen molar-refractivity contribution in [2.75, 3.05) is 19.8 Å². The summed E-state index contributed by atoms with van der Waals surface area (Å²) in [4.78, 5) is 8.35. The van der Waals surface area contributed by atoms with Crippen molar-refractivity contribution in [3.8, 4) is 0 Å². The zero-order valence-electron chi connectivity index (χ0n) is 5.24. The molecule has 3 N–H and O–H groups in total. The van der Waals surface area contributed by atoms with Crippen molar-refractivity contribution in [2.45, 2.75) is 6.42 Å². The van der Waals surface area contributed by atoms with Crippen LogP contribution in [0.1, 0.15) is 6.42 Å². The van der Waals surface area contributed by atoms with Crippen molar-refractivity contribution < 1.29 is 4.79 Å². The van der Waals surface area contributed by atoms with Gasteiger partial charge in [-0.2, -0.15) is 0 Å². The summed E-state index contributed by atoms with van der Waals surface area (Å²) < 4.78 is 0. The third-order valence-electron chi connectivity index (χ3n) is 0.957. The molecule has 0 unspecified atom stereocenters. The van der Waals surface area contributed by atoms with Crippen LogP contribution in [0.25, 0.3) is 0 Å². The van der Waals surface area contributed by atoms with E-state index in [1.165, 1.54) is 19.5 Å². The van der Waals surface area contributed by atoms with Gasteiger partial charge in [0, 0.05) is 6.67 Å². The van der Waals surface area contributed by atoms with E-state index in [2.05, 4.69) is 10.6 Å². The Balaban J connectivity index is 0.000000187. The molecule has 0 spiro atoms. The second-order valence-electron chi connectivity index (χ2n) is 1.63. The van der Waals surface area contributed by atoms with Crippen LogP contribution in [0.4, 0.5) is 0 Å². The largest absolute Gasteiger partial charge is 0.304 e. The van der Waals surface area contributed by atoms with Gasteiger partial charge in [0.1, 0.15) is 0 Å². The summed E-state index contributed by atoms with van der Waals surface area (Å²) in [5, 5.41) is 11.8. The van der Waals surface area contributed by atoms with E-state index in [-0.39, 0.29) is 0 Å². The molecule has 4 heteroatoms. The molecule has 1 aliphatic rings. The molecule has 4 nitrogen and oxygen atoms in total. The van der Waals surface area contributed by atoms with E-state index in [0.717, 1.165) is 12.7 Å². The predicted octanol–water partition coefficient (Wildman–Crippen LogP) is -0.572. The van der Waals surface area contributed by atoms with Gasteiger partial charge in [-0.25, -0.2) is 10.2 Å². The van der Waals surface area contributed by atoms with Crippen LogP contribution in [0.15, 0.2) is 0 Å². The molecule has 1 aliphatic heterocycles. The molecule has 1 fully saturated rings. The van der Waals surface area contributed by atoms with Crippen LogP contribution in [-0.4, -0.2) is 25.8 Å². The van der Waals surface area contributed by atoms with E-state index in [1.807, 2.05) is 0 Å². The Kier molecular flexibility index (Phi) is 6.73. The summed E-state index contributed by atoms with van der Waals surface area (Å²) in [7, 11) is 0. The third-order valence-corrected chi connectivity index (χ3v) is 0.957. The predicted molar refractivity (Wildman–Crippen MR) is 33.9 cm³/mol. The smallest absolute Gasteiger partial charge is 0.231 e. The minimum absolute atomic E-state index is 0.750. The van der Waals surface area contributed by atoms with Crippen molar-refractivity contribution >= 4 is 6.08 Å². The van der Waals surface area contributed by atoms with Gasteiger partial charge in [-0.3, -0.25) is 0 Å². The molecule has 0 aromatic heterocycles. The molecule has 52 valence electrons. The minimum Gasteiger partial charge on any atom is -0.304 e. The van der Waals surface area contributed by atoms with Crippen LogP contribution in [0.5, 0.6) is 0 Å². The molecule has 1 rings (SSSR count). The SMILES string of the molecule is C1CNCNC1.N=C=O. The van der Waals surface area contributed by atoms with E-state index in [4.69, 9.17) is 10.2 Å². The highest BCUT2D eigenvalue weighted by Gasteiger charge is 1.91. The zero-order valence-corrected chi connectivity index (χ0v) is 5.24. The van der Waals surface area contributed by atoms with E-state index in [9.17, 15) is 0 Å². The molecule has 9 heavy (non-hydrogen) atoms. The number of hydrogen-bond donors (Lipinski definition) is 3. The first kappa shape index (κ1) is 8.30. The summed E-state index contributed by atoms with van der Waals surface area (Å²) >= 11 is 0. The minimum atomic E-state index is 0.750. The van der Waals surface area contributed by atoms with Crippen molar-refractivity contribution in [1.82, 2.24) is 10.6 Å². The molecule has 1 saturated heterocycles. The highest BCUT2D eigenvalue weighted by atomic mass is 16.1.